The lowest BCUT2D eigenvalue weighted by molar-refractivity contribution is -0.141. The molecule has 0 bridgehead atoms. The fourth-order valence-corrected chi connectivity index (χ4v) is 3.52. The molecular weight excluding hydrogens is 330 g/mol. The summed E-state index contributed by atoms with van der Waals surface area (Å²) >= 11 is 0. The van der Waals surface area contributed by atoms with Gasteiger partial charge in [-0.2, -0.15) is 0 Å². The van der Waals surface area contributed by atoms with Crippen molar-refractivity contribution in [1.29, 1.82) is 0 Å². The number of nitrogens with zero attached hydrogens (tertiary/aromatic N) is 3. The largest absolute Gasteiger partial charge is 0.481 e. The summed E-state index contributed by atoms with van der Waals surface area (Å²) in [6.07, 6.45) is 3.28. The summed E-state index contributed by atoms with van der Waals surface area (Å²) in [5.74, 6) is -2.02. The second-order valence-corrected chi connectivity index (χ2v) is 6.43. The summed E-state index contributed by atoms with van der Waals surface area (Å²) in [6.45, 7) is 0.532. The molecule has 6 heteroatoms. The molecule has 1 saturated heterocycles. The van der Waals surface area contributed by atoms with Gasteiger partial charge < -0.3 is 10.0 Å². The Morgan fingerprint density at radius 3 is 2.54 bits per heavy atom. The average Bonchev–Trinajstić information content (AvgIpc) is 3.13. The number of hydrogen-bond donors (Lipinski definition) is 1. The topological polar surface area (TPSA) is 83.4 Å². The van der Waals surface area contributed by atoms with Crippen LogP contribution >= 0.6 is 0 Å². The molecule has 130 valence electrons. The monoisotopic (exact) mass is 347 g/mol. The third kappa shape index (κ3) is 2.90. The van der Waals surface area contributed by atoms with Crippen molar-refractivity contribution in [3.05, 3.63) is 72.2 Å². The van der Waals surface area contributed by atoms with Crippen molar-refractivity contribution >= 4 is 22.8 Å². The molecule has 1 aromatic carbocycles. The molecule has 3 heterocycles. The van der Waals surface area contributed by atoms with Gasteiger partial charge in [-0.15, -0.1) is 0 Å². The number of benzene rings is 1. The number of para-hydroxylation sites is 1. The third-order valence-electron chi connectivity index (χ3n) is 4.88. The number of aromatic nitrogens is 2. The quantitative estimate of drug-likeness (QED) is 0.787. The van der Waals surface area contributed by atoms with Gasteiger partial charge in [0.1, 0.15) is 5.69 Å². The Hall–Kier alpha value is -3.28. The lowest BCUT2D eigenvalue weighted by atomic mass is 9.90. The number of carbonyl (C=O) groups excluding carboxylic acids is 1. The summed E-state index contributed by atoms with van der Waals surface area (Å²) < 4.78 is 0. The van der Waals surface area contributed by atoms with Crippen molar-refractivity contribution < 1.29 is 14.7 Å². The third-order valence-corrected chi connectivity index (χ3v) is 4.88. The van der Waals surface area contributed by atoms with Crippen LogP contribution in [0, 0.1) is 5.92 Å². The van der Waals surface area contributed by atoms with Gasteiger partial charge in [-0.1, -0.05) is 24.3 Å². The Balaban J connectivity index is 1.62. The first kappa shape index (κ1) is 16.2. The van der Waals surface area contributed by atoms with Crippen molar-refractivity contribution in [3.8, 4) is 0 Å². The molecule has 4 rings (SSSR count). The van der Waals surface area contributed by atoms with E-state index in [-0.39, 0.29) is 18.4 Å². The minimum absolute atomic E-state index is 0.176. The Kier molecular flexibility index (Phi) is 4.08. The zero-order valence-corrected chi connectivity index (χ0v) is 13.9. The van der Waals surface area contributed by atoms with Crippen molar-refractivity contribution in [3.63, 3.8) is 0 Å². The highest BCUT2D eigenvalue weighted by atomic mass is 16.4. The average molecular weight is 347 g/mol. The van der Waals surface area contributed by atoms with E-state index in [0.717, 1.165) is 16.5 Å². The van der Waals surface area contributed by atoms with E-state index in [0.29, 0.717) is 12.2 Å². The fraction of sp³-hybridized carbons (Fsp3) is 0.200. The van der Waals surface area contributed by atoms with Gasteiger partial charge in [0.25, 0.3) is 5.91 Å². The predicted molar refractivity (Wildman–Crippen MR) is 95.8 cm³/mol. The van der Waals surface area contributed by atoms with Gasteiger partial charge in [0.15, 0.2) is 0 Å². The first-order valence-electron chi connectivity index (χ1n) is 8.41. The number of rotatable bonds is 3. The van der Waals surface area contributed by atoms with Crippen LogP contribution in [0.4, 0.5) is 0 Å². The molecule has 6 nitrogen and oxygen atoms in total. The van der Waals surface area contributed by atoms with Gasteiger partial charge in [-0.05, 0) is 29.8 Å². The van der Waals surface area contributed by atoms with Crippen LogP contribution in [-0.4, -0.2) is 44.9 Å². The van der Waals surface area contributed by atoms with E-state index in [1.54, 1.807) is 23.4 Å². The zero-order chi connectivity index (χ0) is 18.1. The second kappa shape index (κ2) is 6.55. The summed E-state index contributed by atoms with van der Waals surface area (Å²) in [5.41, 5.74) is 1.97. The number of pyridine rings is 2. The molecule has 1 N–H and O–H groups in total. The molecule has 0 saturated carbocycles. The molecule has 2 aromatic heterocycles. The number of fused-ring (bicyclic) bond motifs is 1. The molecule has 26 heavy (non-hydrogen) atoms. The molecule has 1 amide bonds. The second-order valence-electron chi connectivity index (χ2n) is 6.43. The number of carboxylic acid groups (broad SMARTS) is 1. The number of hydrogen-bond acceptors (Lipinski definition) is 4. The maximum Gasteiger partial charge on any atom is 0.308 e. The van der Waals surface area contributed by atoms with Crippen LogP contribution in [0.2, 0.25) is 0 Å². The minimum atomic E-state index is -0.895. The predicted octanol–water partition coefficient (Wildman–Crippen LogP) is 2.57. The zero-order valence-electron chi connectivity index (χ0n) is 13.9. The van der Waals surface area contributed by atoms with E-state index in [1.165, 1.54) is 0 Å². The summed E-state index contributed by atoms with van der Waals surface area (Å²) in [5, 5.41) is 10.5. The maximum atomic E-state index is 12.9. The van der Waals surface area contributed by atoms with Crippen LogP contribution in [-0.2, 0) is 4.79 Å². The SMILES string of the molecule is O=C(O)[C@@H]1CN(C(=O)c2ccc3ccccc3n2)C[C@H]1c1ccncc1. The number of carbonyl (C=O) groups is 2. The molecule has 0 aliphatic carbocycles. The van der Waals surface area contributed by atoms with Crippen molar-refractivity contribution in [2.75, 3.05) is 13.1 Å². The fourth-order valence-electron chi connectivity index (χ4n) is 3.52. The first-order chi connectivity index (χ1) is 12.6. The molecule has 2 atom stereocenters. The van der Waals surface area contributed by atoms with Crippen molar-refractivity contribution in [1.82, 2.24) is 14.9 Å². The Labute approximate surface area is 150 Å². The normalized spacial score (nSPS) is 19.6. The lowest BCUT2D eigenvalue weighted by Crippen LogP contribution is -2.30. The molecule has 3 aromatic rings. The van der Waals surface area contributed by atoms with Crippen LogP contribution in [0.3, 0.4) is 0 Å². The molecule has 1 fully saturated rings. The molecular formula is C20H17N3O3. The maximum absolute atomic E-state index is 12.9. The van der Waals surface area contributed by atoms with Crippen molar-refractivity contribution in [2.45, 2.75) is 5.92 Å². The van der Waals surface area contributed by atoms with Crippen LogP contribution in [0.15, 0.2) is 60.9 Å². The minimum Gasteiger partial charge on any atom is -0.481 e. The standard InChI is InChI=1S/C20H17N3O3/c24-19(18-6-5-14-3-1-2-4-17(14)22-18)23-11-15(16(12-23)20(25)26)13-7-9-21-10-8-13/h1-10,15-16H,11-12H2,(H,25,26)/t15-,16+/m0/s1. The molecule has 0 radical (unpaired) electrons. The summed E-state index contributed by atoms with van der Waals surface area (Å²) in [4.78, 5) is 34.6. The Bertz CT molecular complexity index is 974. The van der Waals surface area contributed by atoms with Gasteiger partial charge in [0.2, 0.25) is 0 Å². The molecule has 0 unspecified atom stereocenters. The molecule has 0 spiro atoms. The summed E-state index contributed by atoms with van der Waals surface area (Å²) in [6, 6.07) is 14.8. The van der Waals surface area contributed by atoms with Gasteiger partial charge >= 0.3 is 5.97 Å². The van der Waals surface area contributed by atoms with Crippen LogP contribution in [0.1, 0.15) is 22.0 Å². The number of likely N-dealkylation sites (tertiary alicyclic amines) is 1. The van der Waals surface area contributed by atoms with E-state index < -0.39 is 11.9 Å². The van der Waals surface area contributed by atoms with Crippen LogP contribution in [0.25, 0.3) is 10.9 Å². The van der Waals surface area contributed by atoms with Crippen LogP contribution < -0.4 is 0 Å². The number of carboxylic acids is 1. The van der Waals surface area contributed by atoms with E-state index in [2.05, 4.69) is 9.97 Å². The van der Waals surface area contributed by atoms with E-state index >= 15 is 0 Å². The van der Waals surface area contributed by atoms with Crippen LogP contribution in [0.5, 0.6) is 0 Å². The Morgan fingerprint density at radius 1 is 1.00 bits per heavy atom. The Morgan fingerprint density at radius 2 is 1.77 bits per heavy atom. The van der Waals surface area contributed by atoms with Gasteiger partial charge in [0.05, 0.1) is 11.4 Å². The molecule has 1 aliphatic rings. The van der Waals surface area contributed by atoms with Gasteiger partial charge in [-0.25, -0.2) is 4.98 Å². The number of amides is 1. The lowest BCUT2D eigenvalue weighted by Gasteiger charge is -2.16. The van der Waals surface area contributed by atoms with E-state index in [9.17, 15) is 14.7 Å². The first-order valence-corrected chi connectivity index (χ1v) is 8.41. The van der Waals surface area contributed by atoms with Gasteiger partial charge in [0, 0.05) is 36.8 Å². The van der Waals surface area contributed by atoms with Gasteiger partial charge in [-0.3, -0.25) is 14.6 Å². The summed E-state index contributed by atoms with van der Waals surface area (Å²) in [7, 11) is 0. The smallest absolute Gasteiger partial charge is 0.308 e. The van der Waals surface area contributed by atoms with E-state index in [1.807, 2.05) is 42.5 Å². The highest BCUT2D eigenvalue weighted by Gasteiger charge is 2.40. The number of aliphatic carboxylic acids is 1. The van der Waals surface area contributed by atoms with E-state index in [4.69, 9.17) is 0 Å². The van der Waals surface area contributed by atoms with Crippen molar-refractivity contribution in [2.24, 2.45) is 5.92 Å². The highest BCUT2D eigenvalue weighted by molar-refractivity contribution is 5.95. The highest BCUT2D eigenvalue weighted by Crippen LogP contribution is 2.33. The molecule has 1 aliphatic heterocycles.